The number of methoxy groups -OCH3 is 1. The van der Waals surface area contributed by atoms with Crippen LogP contribution in [0.25, 0.3) is 0 Å². The van der Waals surface area contributed by atoms with E-state index in [0.29, 0.717) is 12.1 Å². The van der Waals surface area contributed by atoms with Gasteiger partial charge in [0.15, 0.2) is 0 Å². The average Bonchev–Trinajstić information content (AvgIpc) is 2.40. The van der Waals surface area contributed by atoms with Gasteiger partial charge in [-0.2, -0.15) is 0 Å². The smallest absolute Gasteiger partial charge is 0.0615 e. The molecule has 1 N–H and O–H groups in total. The molecule has 0 amide bonds. The van der Waals surface area contributed by atoms with Gasteiger partial charge < -0.3 is 15.0 Å². The van der Waals surface area contributed by atoms with E-state index in [1.807, 2.05) is 0 Å². The molecule has 0 aromatic heterocycles. The molecule has 114 valence electrons. The van der Waals surface area contributed by atoms with Gasteiger partial charge in [-0.05, 0) is 51.6 Å². The van der Waals surface area contributed by atoms with Crippen molar-refractivity contribution in [3.05, 3.63) is 0 Å². The predicted molar refractivity (Wildman–Crippen MR) is 82.6 cm³/mol. The average molecular weight is 270 g/mol. The first kappa shape index (κ1) is 16.9. The molecule has 1 heterocycles. The van der Waals surface area contributed by atoms with Crippen molar-refractivity contribution in [3.63, 3.8) is 0 Å². The minimum Gasteiger partial charge on any atom is -0.383 e. The number of hydrogen-bond acceptors (Lipinski definition) is 3. The van der Waals surface area contributed by atoms with Crippen molar-refractivity contribution in [1.82, 2.24) is 10.2 Å². The molecule has 0 aromatic rings. The van der Waals surface area contributed by atoms with Crippen LogP contribution in [0.5, 0.6) is 0 Å². The van der Waals surface area contributed by atoms with Gasteiger partial charge in [-0.1, -0.05) is 20.3 Å². The topological polar surface area (TPSA) is 24.5 Å². The lowest BCUT2D eigenvalue weighted by atomic mass is 9.90. The molecule has 1 fully saturated rings. The maximum absolute atomic E-state index is 5.33. The first-order chi connectivity index (χ1) is 9.21. The maximum Gasteiger partial charge on any atom is 0.0615 e. The Hall–Kier alpha value is -0.120. The molecule has 3 unspecified atom stereocenters. The van der Waals surface area contributed by atoms with Crippen LogP contribution in [-0.4, -0.2) is 50.3 Å². The summed E-state index contributed by atoms with van der Waals surface area (Å²) in [5, 5.41) is 3.80. The fourth-order valence-corrected chi connectivity index (χ4v) is 3.29. The zero-order valence-electron chi connectivity index (χ0n) is 13.5. The first-order valence-electron chi connectivity index (χ1n) is 8.18. The second-order valence-electron chi connectivity index (χ2n) is 6.10. The zero-order chi connectivity index (χ0) is 14.1. The number of piperidine rings is 1. The van der Waals surface area contributed by atoms with Crippen LogP contribution in [0.1, 0.15) is 52.9 Å². The van der Waals surface area contributed by atoms with Crippen LogP contribution >= 0.6 is 0 Å². The number of rotatable bonds is 9. The van der Waals surface area contributed by atoms with Crippen molar-refractivity contribution in [2.24, 2.45) is 5.92 Å². The van der Waals surface area contributed by atoms with Crippen molar-refractivity contribution < 1.29 is 4.74 Å². The van der Waals surface area contributed by atoms with E-state index in [1.54, 1.807) is 7.11 Å². The molecule has 1 rings (SSSR count). The molecule has 1 aliphatic rings. The lowest BCUT2D eigenvalue weighted by molar-refractivity contribution is 0.122. The molecule has 0 aromatic carbocycles. The van der Waals surface area contributed by atoms with Crippen LogP contribution in [0, 0.1) is 5.92 Å². The van der Waals surface area contributed by atoms with Gasteiger partial charge in [-0.25, -0.2) is 0 Å². The van der Waals surface area contributed by atoms with Gasteiger partial charge in [-0.3, -0.25) is 0 Å². The summed E-state index contributed by atoms with van der Waals surface area (Å²) in [4.78, 5) is 2.64. The maximum atomic E-state index is 5.33. The molecule has 1 aliphatic heterocycles. The summed E-state index contributed by atoms with van der Waals surface area (Å²) in [7, 11) is 1.80. The lowest BCUT2D eigenvalue weighted by Gasteiger charge is -2.37. The summed E-state index contributed by atoms with van der Waals surface area (Å²) in [6.45, 7) is 11.6. The standard InChI is InChI=1S/C16H34N2O/c1-5-8-16(13-19-4)17-14(3)15-9-7-11-18(12-15)10-6-2/h14-17H,5-13H2,1-4H3. The molecule has 0 bridgehead atoms. The second-order valence-corrected chi connectivity index (χ2v) is 6.10. The Morgan fingerprint density at radius 3 is 2.74 bits per heavy atom. The monoisotopic (exact) mass is 270 g/mol. The summed E-state index contributed by atoms with van der Waals surface area (Å²) >= 11 is 0. The van der Waals surface area contributed by atoms with E-state index in [4.69, 9.17) is 4.74 Å². The molecule has 3 heteroatoms. The van der Waals surface area contributed by atoms with Crippen LogP contribution < -0.4 is 5.32 Å². The van der Waals surface area contributed by atoms with Gasteiger partial charge in [0.1, 0.15) is 0 Å². The SMILES string of the molecule is CCCC(COC)NC(C)C1CCCN(CCC)C1. The Morgan fingerprint density at radius 1 is 1.32 bits per heavy atom. The largest absolute Gasteiger partial charge is 0.383 e. The Morgan fingerprint density at radius 2 is 2.11 bits per heavy atom. The molecule has 19 heavy (non-hydrogen) atoms. The Bertz CT molecular complexity index is 215. The van der Waals surface area contributed by atoms with Gasteiger partial charge >= 0.3 is 0 Å². The van der Waals surface area contributed by atoms with Crippen LogP contribution in [-0.2, 0) is 4.74 Å². The Balaban J connectivity index is 2.39. The third-order valence-corrected chi connectivity index (χ3v) is 4.29. The fraction of sp³-hybridized carbons (Fsp3) is 1.00. The van der Waals surface area contributed by atoms with Crippen LogP contribution in [0.3, 0.4) is 0 Å². The zero-order valence-corrected chi connectivity index (χ0v) is 13.5. The minimum atomic E-state index is 0.520. The van der Waals surface area contributed by atoms with Crippen LogP contribution in [0.2, 0.25) is 0 Å². The Labute approximate surface area is 120 Å². The van der Waals surface area contributed by atoms with Gasteiger partial charge in [0.2, 0.25) is 0 Å². The fourth-order valence-electron chi connectivity index (χ4n) is 3.29. The normalized spacial score (nSPS) is 24.3. The quantitative estimate of drug-likeness (QED) is 0.697. The molecular formula is C16H34N2O. The molecule has 3 atom stereocenters. The van der Waals surface area contributed by atoms with Crippen LogP contribution in [0.15, 0.2) is 0 Å². The van der Waals surface area contributed by atoms with E-state index < -0.39 is 0 Å². The highest BCUT2D eigenvalue weighted by Crippen LogP contribution is 2.20. The van der Waals surface area contributed by atoms with Crippen molar-refractivity contribution in [3.8, 4) is 0 Å². The van der Waals surface area contributed by atoms with Crippen molar-refractivity contribution >= 4 is 0 Å². The Kier molecular flexibility index (Phi) is 8.67. The number of nitrogens with zero attached hydrogens (tertiary/aromatic N) is 1. The van der Waals surface area contributed by atoms with E-state index in [1.165, 1.54) is 51.7 Å². The number of ether oxygens (including phenoxy) is 1. The van der Waals surface area contributed by atoms with Gasteiger partial charge in [-0.15, -0.1) is 0 Å². The summed E-state index contributed by atoms with van der Waals surface area (Å²) in [6, 6.07) is 1.12. The van der Waals surface area contributed by atoms with Crippen molar-refractivity contribution in [1.29, 1.82) is 0 Å². The summed E-state index contributed by atoms with van der Waals surface area (Å²) in [6.07, 6.45) is 6.44. The van der Waals surface area contributed by atoms with E-state index in [2.05, 4.69) is 31.0 Å². The molecule has 0 saturated carbocycles. The third-order valence-electron chi connectivity index (χ3n) is 4.29. The molecule has 0 aliphatic carbocycles. The predicted octanol–water partition coefficient (Wildman–Crippen LogP) is 2.90. The van der Waals surface area contributed by atoms with E-state index in [-0.39, 0.29) is 0 Å². The number of hydrogen-bond donors (Lipinski definition) is 1. The van der Waals surface area contributed by atoms with Crippen LogP contribution in [0.4, 0.5) is 0 Å². The summed E-state index contributed by atoms with van der Waals surface area (Å²) in [5.74, 6) is 0.802. The van der Waals surface area contributed by atoms with E-state index in [9.17, 15) is 0 Å². The lowest BCUT2D eigenvalue weighted by Crippen LogP contribution is -2.48. The number of likely N-dealkylation sites (tertiary alicyclic amines) is 1. The molecule has 0 radical (unpaired) electrons. The number of nitrogens with one attached hydrogen (secondary N) is 1. The van der Waals surface area contributed by atoms with E-state index in [0.717, 1.165) is 12.5 Å². The first-order valence-corrected chi connectivity index (χ1v) is 8.18. The highest BCUT2D eigenvalue weighted by molar-refractivity contribution is 4.82. The summed E-state index contributed by atoms with van der Waals surface area (Å²) in [5.41, 5.74) is 0. The third kappa shape index (κ3) is 6.24. The summed E-state index contributed by atoms with van der Waals surface area (Å²) < 4.78 is 5.33. The van der Waals surface area contributed by atoms with Gasteiger partial charge in [0.25, 0.3) is 0 Å². The second kappa shape index (κ2) is 9.73. The van der Waals surface area contributed by atoms with Crippen molar-refractivity contribution in [2.75, 3.05) is 33.4 Å². The minimum absolute atomic E-state index is 0.520. The highest BCUT2D eigenvalue weighted by atomic mass is 16.5. The molecule has 3 nitrogen and oxygen atoms in total. The van der Waals surface area contributed by atoms with Gasteiger partial charge in [0.05, 0.1) is 6.61 Å². The highest BCUT2D eigenvalue weighted by Gasteiger charge is 2.25. The molecule has 1 saturated heterocycles. The van der Waals surface area contributed by atoms with E-state index >= 15 is 0 Å². The van der Waals surface area contributed by atoms with Gasteiger partial charge in [0, 0.05) is 25.7 Å². The molecule has 0 spiro atoms. The molecular weight excluding hydrogens is 236 g/mol. The van der Waals surface area contributed by atoms with Crippen molar-refractivity contribution in [2.45, 2.75) is 65.0 Å².